The molecule has 142 valence electrons. The number of nitrogens with one attached hydrogen (secondary N) is 1. The lowest BCUT2D eigenvalue weighted by Gasteiger charge is -2.33. The lowest BCUT2D eigenvalue weighted by Crippen LogP contribution is -2.47. The summed E-state index contributed by atoms with van der Waals surface area (Å²) in [6, 6.07) is 16.2. The van der Waals surface area contributed by atoms with Gasteiger partial charge in [0.2, 0.25) is 5.91 Å². The number of hydrogen-bond acceptors (Lipinski definition) is 2. The zero-order valence-corrected chi connectivity index (χ0v) is 15.8. The molecule has 0 radical (unpaired) electrons. The van der Waals surface area contributed by atoms with Gasteiger partial charge in [0.05, 0.1) is 0 Å². The number of carbonyl (C=O) groups excluding carboxylic acids is 2. The van der Waals surface area contributed by atoms with Gasteiger partial charge in [-0.05, 0) is 55.5 Å². The first-order chi connectivity index (χ1) is 13.7. The molecule has 1 N–H and O–H groups in total. The fourth-order valence-corrected chi connectivity index (χ4v) is 4.63. The number of anilines is 1. The van der Waals surface area contributed by atoms with Gasteiger partial charge < -0.3 is 10.2 Å². The van der Waals surface area contributed by atoms with Crippen LogP contribution in [0.3, 0.4) is 0 Å². The number of nitrogens with zero attached hydrogens (tertiary/aromatic N) is 1. The maximum atomic E-state index is 13.3. The van der Waals surface area contributed by atoms with Crippen LogP contribution in [0.5, 0.6) is 0 Å². The minimum atomic E-state index is -0.449. The number of fused-ring (bicyclic) bond motifs is 1. The summed E-state index contributed by atoms with van der Waals surface area (Å²) in [5, 5.41) is 2.98. The second-order valence-corrected chi connectivity index (χ2v) is 7.66. The molecule has 2 amide bonds. The van der Waals surface area contributed by atoms with E-state index in [4.69, 9.17) is 6.42 Å². The van der Waals surface area contributed by atoms with Gasteiger partial charge in [0.1, 0.15) is 6.04 Å². The maximum Gasteiger partial charge on any atom is 0.254 e. The van der Waals surface area contributed by atoms with Gasteiger partial charge in [0.15, 0.2) is 0 Å². The highest BCUT2D eigenvalue weighted by atomic mass is 16.2. The van der Waals surface area contributed by atoms with Gasteiger partial charge in [-0.25, -0.2) is 0 Å². The lowest BCUT2D eigenvalue weighted by molar-refractivity contribution is -0.120. The van der Waals surface area contributed by atoms with Gasteiger partial charge in [-0.2, -0.15) is 0 Å². The van der Waals surface area contributed by atoms with Crippen molar-refractivity contribution in [3.63, 3.8) is 0 Å². The molecule has 0 aromatic heterocycles. The minimum Gasteiger partial charge on any atom is -0.324 e. The zero-order valence-electron chi connectivity index (χ0n) is 15.8. The third-order valence-corrected chi connectivity index (χ3v) is 5.94. The molecule has 2 fully saturated rings. The Morgan fingerprint density at radius 1 is 1.04 bits per heavy atom. The van der Waals surface area contributed by atoms with Crippen LogP contribution in [0.2, 0.25) is 0 Å². The van der Waals surface area contributed by atoms with Crippen molar-refractivity contribution in [3.8, 4) is 12.3 Å². The summed E-state index contributed by atoms with van der Waals surface area (Å²) in [5.41, 5.74) is 2.03. The molecule has 2 aliphatic rings. The Kier molecular flexibility index (Phi) is 5.16. The molecule has 2 aromatic rings. The first-order valence-electron chi connectivity index (χ1n) is 9.92. The summed E-state index contributed by atoms with van der Waals surface area (Å²) in [5.74, 6) is 2.80. The molecular formula is C24H24N2O2. The summed E-state index contributed by atoms with van der Waals surface area (Å²) in [6.45, 7) is 0. The van der Waals surface area contributed by atoms with Gasteiger partial charge in [-0.1, -0.05) is 43.0 Å². The van der Waals surface area contributed by atoms with Gasteiger partial charge in [0, 0.05) is 22.9 Å². The predicted molar refractivity (Wildman–Crippen MR) is 110 cm³/mol. The second kappa shape index (κ2) is 7.90. The van der Waals surface area contributed by atoms with Crippen molar-refractivity contribution in [2.24, 2.45) is 5.92 Å². The molecule has 28 heavy (non-hydrogen) atoms. The molecule has 0 bridgehead atoms. The number of hydrogen-bond donors (Lipinski definition) is 1. The molecule has 2 aromatic carbocycles. The Morgan fingerprint density at radius 3 is 2.61 bits per heavy atom. The highest BCUT2D eigenvalue weighted by Gasteiger charge is 2.47. The van der Waals surface area contributed by atoms with E-state index in [0.717, 1.165) is 31.2 Å². The van der Waals surface area contributed by atoms with Crippen molar-refractivity contribution >= 4 is 17.5 Å². The number of carbonyl (C=O) groups is 2. The normalized spacial score (nSPS) is 23.5. The van der Waals surface area contributed by atoms with Crippen molar-refractivity contribution in [2.75, 3.05) is 5.32 Å². The first kappa shape index (κ1) is 18.3. The van der Waals surface area contributed by atoms with E-state index in [2.05, 4.69) is 11.2 Å². The molecule has 1 saturated carbocycles. The van der Waals surface area contributed by atoms with Crippen molar-refractivity contribution in [3.05, 3.63) is 65.7 Å². The standard InChI is InChI=1S/C24H24N2O2/c1-2-17-9-8-13-20(15-17)25-23(27)22-16-19-12-6-7-14-21(19)26(22)24(28)18-10-4-3-5-11-18/h1,3-5,8-11,13,15,19,21-22H,6-7,12,14,16H2,(H,25,27). The molecular weight excluding hydrogens is 348 g/mol. The maximum absolute atomic E-state index is 13.3. The molecule has 3 unspecified atom stereocenters. The van der Waals surface area contributed by atoms with Crippen LogP contribution in [0.15, 0.2) is 54.6 Å². The fourth-order valence-electron chi connectivity index (χ4n) is 4.63. The molecule has 1 aliphatic carbocycles. The summed E-state index contributed by atoms with van der Waals surface area (Å²) in [7, 11) is 0. The van der Waals surface area contributed by atoms with E-state index in [9.17, 15) is 9.59 Å². The summed E-state index contributed by atoms with van der Waals surface area (Å²) < 4.78 is 0. The van der Waals surface area contributed by atoms with Crippen molar-refractivity contribution in [2.45, 2.75) is 44.2 Å². The number of amides is 2. The van der Waals surface area contributed by atoms with E-state index in [1.807, 2.05) is 53.4 Å². The molecule has 4 rings (SSSR count). The Hall–Kier alpha value is -3.06. The van der Waals surface area contributed by atoms with Crippen LogP contribution in [-0.2, 0) is 4.79 Å². The minimum absolute atomic E-state index is 0.0486. The van der Waals surface area contributed by atoms with Crippen molar-refractivity contribution < 1.29 is 9.59 Å². The summed E-state index contributed by atoms with van der Waals surface area (Å²) in [6.07, 6.45) is 10.5. The third-order valence-electron chi connectivity index (χ3n) is 5.94. The van der Waals surface area contributed by atoms with Gasteiger partial charge in [-0.3, -0.25) is 9.59 Å². The first-order valence-corrected chi connectivity index (χ1v) is 9.92. The van der Waals surface area contributed by atoms with Crippen LogP contribution < -0.4 is 5.32 Å². The van der Waals surface area contributed by atoms with E-state index in [1.165, 1.54) is 6.42 Å². The highest BCUT2D eigenvalue weighted by molar-refractivity contribution is 6.02. The zero-order chi connectivity index (χ0) is 19.5. The monoisotopic (exact) mass is 372 g/mol. The van der Waals surface area contributed by atoms with E-state index in [1.54, 1.807) is 6.07 Å². The Morgan fingerprint density at radius 2 is 1.82 bits per heavy atom. The van der Waals surface area contributed by atoms with E-state index >= 15 is 0 Å². The molecule has 3 atom stereocenters. The fraction of sp³-hybridized carbons (Fsp3) is 0.333. The molecule has 4 heteroatoms. The average Bonchev–Trinajstić information content (AvgIpc) is 3.14. The van der Waals surface area contributed by atoms with E-state index < -0.39 is 6.04 Å². The average molecular weight is 372 g/mol. The largest absolute Gasteiger partial charge is 0.324 e. The number of benzene rings is 2. The molecule has 1 saturated heterocycles. The Bertz CT molecular complexity index is 916. The van der Waals surface area contributed by atoms with E-state index in [-0.39, 0.29) is 17.9 Å². The van der Waals surface area contributed by atoms with Gasteiger partial charge in [0.25, 0.3) is 5.91 Å². The molecule has 1 heterocycles. The van der Waals surface area contributed by atoms with Crippen LogP contribution in [0.25, 0.3) is 0 Å². The molecule has 1 aliphatic heterocycles. The quantitative estimate of drug-likeness (QED) is 0.826. The highest BCUT2D eigenvalue weighted by Crippen LogP contribution is 2.40. The molecule has 0 spiro atoms. The summed E-state index contributed by atoms with van der Waals surface area (Å²) >= 11 is 0. The Balaban J connectivity index is 1.60. The lowest BCUT2D eigenvalue weighted by atomic mass is 9.84. The summed E-state index contributed by atoms with van der Waals surface area (Å²) in [4.78, 5) is 28.3. The smallest absolute Gasteiger partial charge is 0.254 e. The van der Waals surface area contributed by atoms with Crippen LogP contribution in [0, 0.1) is 18.3 Å². The van der Waals surface area contributed by atoms with E-state index in [0.29, 0.717) is 17.2 Å². The van der Waals surface area contributed by atoms with Crippen molar-refractivity contribution in [1.82, 2.24) is 4.90 Å². The molecule has 4 nitrogen and oxygen atoms in total. The van der Waals surface area contributed by atoms with Crippen LogP contribution in [-0.4, -0.2) is 28.8 Å². The number of likely N-dealkylation sites (tertiary alicyclic amines) is 1. The third kappa shape index (κ3) is 3.53. The number of rotatable bonds is 3. The number of terminal acetylenes is 1. The SMILES string of the molecule is C#Cc1cccc(NC(=O)C2CC3CCCCC3N2C(=O)c2ccccc2)c1. The van der Waals surface area contributed by atoms with Crippen molar-refractivity contribution in [1.29, 1.82) is 0 Å². The predicted octanol–water partition coefficient (Wildman–Crippen LogP) is 4.08. The van der Waals surface area contributed by atoms with Gasteiger partial charge in [-0.15, -0.1) is 6.42 Å². The second-order valence-electron chi connectivity index (χ2n) is 7.66. The Labute approximate surface area is 165 Å². The van der Waals surface area contributed by atoms with Gasteiger partial charge >= 0.3 is 0 Å². The van der Waals surface area contributed by atoms with Crippen LogP contribution in [0.4, 0.5) is 5.69 Å². The van der Waals surface area contributed by atoms with Crippen LogP contribution >= 0.6 is 0 Å². The van der Waals surface area contributed by atoms with Crippen LogP contribution in [0.1, 0.15) is 48.0 Å². The topological polar surface area (TPSA) is 49.4 Å².